The summed E-state index contributed by atoms with van der Waals surface area (Å²) in [5.74, 6) is -0.193. The monoisotopic (exact) mass is 161 g/mol. The minimum absolute atomic E-state index is 0.193. The Balaban J connectivity index is 2.70. The van der Waals surface area contributed by atoms with Crippen molar-refractivity contribution >= 4 is 11.6 Å². The lowest BCUT2D eigenvalue weighted by Gasteiger charge is -2.02. The molecule has 56 valence electrons. The molecule has 1 aliphatic carbocycles. The van der Waals surface area contributed by atoms with Gasteiger partial charge in [-0.3, -0.25) is 0 Å². The number of hydrogen-bond acceptors (Lipinski definition) is 1. The molecule has 0 N–H and O–H groups in total. The first-order valence-electron chi connectivity index (χ1n) is 3.21. The van der Waals surface area contributed by atoms with E-state index >= 15 is 0 Å². The van der Waals surface area contributed by atoms with E-state index in [9.17, 15) is 4.39 Å². The molecule has 3 unspecified atom stereocenters. The van der Waals surface area contributed by atoms with E-state index in [1.165, 1.54) is 0 Å². The number of nitriles is 1. The summed E-state index contributed by atoms with van der Waals surface area (Å²) in [6.45, 7) is 3.43. The SMILES string of the molecule is CC1C(F)(Cl)C1(C)CC#N. The summed E-state index contributed by atoms with van der Waals surface area (Å²) in [5.41, 5.74) is -0.608. The highest BCUT2D eigenvalue weighted by Crippen LogP contribution is 2.68. The molecule has 3 heteroatoms. The van der Waals surface area contributed by atoms with Crippen LogP contribution in [0, 0.1) is 22.7 Å². The van der Waals surface area contributed by atoms with Crippen molar-refractivity contribution in [3.8, 4) is 6.07 Å². The third-order valence-electron chi connectivity index (χ3n) is 2.62. The normalized spacial score (nSPS) is 52.1. The topological polar surface area (TPSA) is 23.8 Å². The average molecular weight is 162 g/mol. The third-order valence-corrected chi connectivity index (χ3v) is 3.38. The summed E-state index contributed by atoms with van der Waals surface area (Å²) in [6, 6.07) is 1.93. The molecule has 0 aliphatic heterocycles. The predicted molar refractivity (Wildman–Crippen MR) is 37.2 cm³/mol. The van der Waals surface area contributed by atoms with E-state index in [1.807, 2.05) is 6.07 Å². The molecule has 0 aromatic heterocycles. The predicted octanol–water partition coefficient (Wildman–Crippen LogP) is 2.46. The van der Waals surface area contributed by atoms with Gasteiger partial charge < -0.3 is 0 Å². The van der Waals surface area contributed by atoms with Gasteiger partial charge in [0.05, 0.1) is 6.07 Å². The Kier molecular flexibility index (Phi) is 1.45. The van der Waals surface area contributed by atoms with E-state index in [1.54, 1.807) is 13.8 Å². The van der Waals surface area contributed by atoms with Crippen LogP contribution in [-0.4, -0.2) is 5.13 Å². The van der Waals surface area contributed by atoms with Crippen LogP contribution in [0.25, 0.3) is 0 Å². The number of halogens is 2. The Bertz CT molecular complexity index is 196. The van der Waals surface area contributed by atoms with E-state index < -0.39 is 10.5 Å². The van der Waals surface area contributed by atoms with E-state index in [0.717, 1.165) is 0 Å². The van der Waals surface area contributed by atoms with E-state index in [0.29, 0.717) is 0 Å². The zero-order valence-corrected chi connectivity index (χ0v) is 6.74. The van der Waals surface area contributed by atoms with Crippen molar-refractivity contribution < 1.29 is 4.39 Å². The molecule has 0 aromatic carbocycles. The molecule has 0 spiro atoms. The summed E-state index contributed by atoms with van der Waals surface area (Å²) in [4.78, 5) is 0. The molecule has 1 nitrogen and oxygen atoms in total. The van der Waals surface area contributed by atoms with E-state index in [4.69, 9.17) is 16.9 Å². The lowest BCUT2D eigenvalue weighted by molar-refractivity contribution is 0.336. The van der Waals surface area contributed by atoms with Crippen LogP contribution in [-0.2, 0) is 0 Å². The van der Waals surface area contributed by atoms with Crippen LogP contribution in [0.1, 0.15) is 20.3 Å². The Morgan fingerprint density at radius 1 is 1.80 bits per heavy atom. The highest BCUT2D eigenvalue weighted by Gasteiger charge is 2.72. The molecule has 0 aromatic rings. The van der Waals surface area contributed by atoms with E-state index in [2.05, 4.69) is 0 Å². The molecule has 0 heterocycles. The summed E-state index contributed by atoms with van der Waals surface area (Å²) in [7, 11) is 0. The maximum Gasteiger partial charge on any atom is 0.193 e. The molecule has 10 heavy (non-hydrogen) atoms. The van der Waals surface area contributed by atoms with Crippen molar-refractivity contribution in [2.24, 2.45) is 11.3 Å². The van der Waals surface area contributed by atoms with Gasteiger partial charge in [0.1, 0.15) is 0 Å². The zero-order chi connectivity index (χ0) is 7.99. The van der Waals surface area contributed by atoms with Gasteiger partial charge in [0.2, 0.25) is 0 Å². The van der Waals surface area contributed by atoms with Crippen LogP contribution >= 0.6 is 11.6 Å². The fraction of sp³-hybridized carbons (Fsp3) is 0.857. The average Bonchev–Trinajstić information content (AvgIpc) is 2.17. The highest BCUT2D eigenvalue weighted by molar-refractivity contribution is 6.26. The smallest absolute Gasteiger partial charge is 0.193 e. The van der Waals surface area contributed by atoms with E-state index in [-0.39, 0.29) is 12.3 Å². The van der Waals surface area contributed by atoms with Crippen LogP contribution in [0.4, 0.5) is 4.39 Å². The second-order valence-electron chi connectivity index (χ2n) is 3.10. The minimum atomic E-state index is -1.64. The molecule has 1 aliphatic rings. The minimum Gasteiger partial charge on any atom is -0.225 e. The molecule has 1 fully saturated rings. The van der Waals surface area contributed by atoms with Crippen LogP contribution in [0.5, 0.6) is 0 Å². The van der Waals surface area contributed by atoms with Gasteiger partial charge in [0.25, 0.3) is 0 Å². The lowest BCUT2D eigenvalue weighted by Crippen LogP contribution is -2.03. The largest absolute Gasteiger partial charge is 0.225 e. The van der Waals surface area contributed by atoms with Gasteiger partial charge in [-0.05, 0) is 0 Å². The van der Waals surface area contributed by atoms with Crippen LogP contribution in [0.2, 0.25) is 0 Å². The number of rotatable bonds is 1. The standard InChI is InChI=1S/C7H9ClFN/c1-5-6(2,3-4-10)7(5,8)9/h5H,3H2,1-2H3. The molecule has 3 atom stereocenters. The lowest BCUT2D eigenvalue weighted by atomic mass is 10.0. The molecular weight excluding hydrogens is 153 g/mol. The maximum absolute atomic E-state index is 13.0. The first-order valence-corrected chi connectivity index (χ1v) is 3.59. The first-order chi connectivity index (χ1) is 4.47. The summed E-state index contributed by atoms with van der Waals surface area (Å²) < 4.78 is 13.0. The summed E-state index contributed by atoms with van der Waals surface area (Å²) in [6.07, 6.45) is 0.203. The second-order valence-corrected chi connectivity index (χ2v) is 3.65. The quantitative estimate of drug-likeness (QED) is 0.542. The zero-order valence-electron chi connectivity index (χ0n) is 5.99. The number of alkyl halides is 2. The number of hydrogen-bond donors (Lipinski definition) is 0. The molecule has 0 bridgehead atoms. The third kappa shape index (κ3) is 0.673. The van der Waals surface area contributed by atoms with Crippen molar-refractivity contribution in [1.82, 2.24) is 0 Å². The fourth-order valence-electron chi connectivity index (χ4n) is 1.24. The van der Waals surface area contributed by atoms with Crippen molar-refractivity contribution in [2.45, 2.75) is 25.4 Å². The maximum atomic E-state index is 13.0. The first kappa shape index (κ1) is 7.81. The molecule has 0 amide bonds. The fourth-order valence-corrected chi connectivity index (χ4v) is 1.65. The molecule has 1 saturated carbocycles. The van der Waals surface area contributed by atoms with Gasteiger partial charge in [-0.2, -0.15) is 5.26 Å². The molecular formula is C7H9ClFN. The highest BCUT2D eigenvalue weighted by atomic mass is 35.5. The Labute approximate surface area is 64.8 Å². The number of nitrogens with zero attached hydrogens (tertiary/aromatic N) is 1. The Morgan fingerprint density at radius 3 is 2.30 bits per heavy atom. The van der Waals surface area contributed by atoms with Gasteiger partial charge in [0.15, 0.2) is 5.13 Å². The Hall–Kier alpha value is -0.290. The molecule has 1 rings (SSSR count). The van der Waals surface area contributed by atoms with Gasteiger partial charge in [-0.25, -0.2) is 4.39 Å². The van der Waals surface area contributed by atoms with Crippen molar-refractivity contribution in [2.75, 3.05) is 0 Å². The van der Waals surface area contributed by atoms with Crippen LogP contribution in [0.15, 0.2) is 0 Å². The second kappa shape index (κ2) is 1.85. The molecule has 0 radical (unpaired) electrons. The molecule has 0 saturated heterocycles. The Morgan fingerprint density at radius 2 is 2.20 bits per heavy atom. The van der Waals surface area contributed by atoms with Crippen molar-refractivity contribution in [1.29, 1.82) is 5.26 Å². The van der Waals surface area contributed by atoms with Gasteiger partial charge >= 0.3 is 0 Å². The van der Waals surface area contributed by atoms with Gasteiger partial charge in [0, 0.05) is 17.8 Å². The van der Waals surface area contributed by atoms with Gasteiger partial charge in [-0.1, -0.05) is 25.4 Å². The van der Waals surface area contributed by atoms with Crippen molar-refractivity contribution in [3.63, 3.8) is 0 Å². The summed E-state index contributed by atoms with van der Waals surface area (Å²) in [5, 5.41) is 6.68. The van der Waals surface area contributed by atoms with Crippen LogP contribution < -0.4 is 0 Å². The summed E-state index contributed by atoms with van der Waals surface area (Å²) >= 11 is 5.46. The van der Waals surface area contributed by atoms with Crippen LogP contribution in [0.3, 0.4) is 0 Å². The van der Waals surface area contributed by atoms with Gasteiger partial charge in [-0.15, -0.1) is 0 Å². The van der Waals surface area contributed by atoms with Crippen molar-refractivity contribution in [3.05, 3.63) is 0 Å².